The summed E-state index contributed by atoms with van der Waals surface area (Å²) < 4.78 is 18.6. The van der Waals surface area contributed by atoms with Crippen LogP contribution in [0, 0.1) is 5.82 Å². The van der Waals surface area contributed by atoms with Crippen LogP contribution in [-0.4, -0.2) is 12.0 Å². The largest absolute Gasteiger partial charge is 0.479 e. The molecule has 21 heavy (non-hydrogen) atoms. The normalized spacial score (nSPS) is 16.7. The summed E-state index contributed by atoms with van der Waals surface area (Å²) in [4.78, 5) is 11.6. The smallest absolute Gasteiger partial charge is 0.265 e. The number of halogens is 1. The zero-order valence-corrected chi connectivity index (χ0v) is 11.5. The summed E-state index contributed by atoms with van der Waals surface area (Å²) in [6.07, 6.45) is -0.483. The molecule has 0 spiro atoms. The summed E-state index contributed by atoms with van der Waals surface area (Å²) in [5.74, 6) is 0.234. The highest BCUT2D eigenvalue weighted by Crippen LogP contribution is 2.32. The number of anilines is 2. The zero-order valence-electron chi connectivity index (χ0n) is 11.5. The van der Waals surface area contributed by atoms with E-state index in [0.717, 1.165) is 11.3 Å². The third-order valence-corrected chi connectivity index (χ3v) is 3.30. The first-order chi connectivity index (χ1) is 10.1. The first-order valence-electron chi connectivity index (χ1n) is 6.72. The molecule has 0 bridgehead atoms. The van der Waals surface area contributed by atoms with E-state index in [9.17, 15) is 9.18 Å². The number of ether oxygens (including phenoxy) is 1. The molecule has 2 aromatic carbocycles. The molecule has 0 saturated carbocycles. The molecule has 1 unspecified atom stereocenters. The average Bonchev–Trinajstić information content (AvgIpc) is 2.46. The van der Waals surface area contributed by atoms with E-state index in [2.05, 4.69) is 10.6 Å². The number of hydrogen-bond donors (Lipinski definition) is 2. The minimum absolute atomic E-state index is 0.162. The van der Waals surface area contributed by atoms with Crippen molar-refractivity contribution in [1.82, 2.24) is 0 Å². The first-order valence-corrected chi connectivity index (χ1v) is 6.72. The monoisotopic (exact) mass is 286 g/mol. The Kier molecular flexibility index (Phi) is 3.48. The van der Waals surface area contributed by atoms with Crippen molar-refractivity contribution < 1.29 is 13.9 Å². The van der Waals surface area contributed by atoms with E-state index in [1.165, 1.54) is 12.1 Å². The van der Waals surface area contributed by atoms with Crippen molar-refractivity contribution in [3.63, 3.8) is 0 Å². The van der Waals surface area contributed by atoms with Crippen molar-refractivity contribution in [3.8, 4) is 5.75 Å². The Morgan fingerprint density at radius 3 is 2.95 bits per heavy atom. The molecule has 1 atom stereocenters. The molecule has 0 aromatic heterocycles. The van der Waals surface area contributed by atoms with Crippen LogP contribution in [0.5, 0.6) is 5.75 Å². The molecular formula is C16H15FN2O2. The predicted molar refractivity (Wildman–Crippen MR) is 78.9 cm³/mol. The lowest BCUT2D eigenvalue weighted by Crippen LogP contribution is -2.34. The molecule has 2 aromatic rings. The van der Waals surface area contributed by atoms with E-state index in [-0.39, 0.29) is 11.7 Å². The Balaban J connectivity index is 1.73. The fourth-order valence-electron chi connectivity index (χ4n) is 2.17. The fourth-order valence-corrected chi connectivity index (χ4v) is 2.17. The lowest BCUT2D eigenvalue weighted by atomic mass is 10.2. The van der Waals surface area contributed by atoms with E-state index in [0.29, 0.717) is 18.0 Å². The van der Waals surface area contributed by atoms with Gasteiger partial charge in [-0.2, -0.15) is 0 Å². The SMILES string of the molecule is CC1Oc2ccc(NCc3cccc(F)c3)cc2NC1=O. The van der Waals surface area contributed by atoms with Crippen LogP contribution in [0.4, 0.5) is 15.8 Å². The van der Waals surface area contributed by atoms with E-state index in [4.69, 9.17) is 4.74 Å². The van der Waals surface area contributed by atoms with E-state index >= 15 is 0 Å². The van der Waals surface area contributed by atoms with Crippen LogP contribution in [0.25, 0.3) is 0 Å². The van der Waals surface area contributed by atoms with Crippen LogP contribution >= 0.6 is 0 Å². The second-order valence-electron chi connectivity index (χ2n) is 4.94. The molecule has 1 amide bonds. The average molecular weight is 286 g/mol. The maximum absolute atomic E-state index is 13.1. The van der Waals surface area contributed by atoms with Crippen molar-refractivity contribution in [2.24, 2.45) is 0 Å². The van der Waals surface area contributed by atoms with Gasteiger partial charge >= 0.3 is 0 Å². The predicted octanol–water partition coefficient (Wildman–Crippen LogP) is 3.16. The molecule has 5 heteroatoms. The molecule has 0 aliphatic carbocycles. The molecular weight excluding hydrogens is 271 g/mol. The molecule has 1 aliphatic heterocycles. The molecule has 108 valence electrons. The number of hydrogen-bond acceptors (Lipinski definition) is 3. The summed E-state index contributed by atoms with van der Waals surface area (Å²) in [6.45, 7) is 2.20. The molecule has 2 N–H and O–H groups in total. The number of fused-ring (bicyclic) bond motifs is 1. The van der Waals surface area contributed by atoms with Gasteiger partial charge in [-0.05, 0) is 42.8 Å². The van der Waals surface area contributed by atoms with Crippen molar-refractivity contribution >= 4 is 17.3 Å². The summed E-state index contributed by atoms with van der Waals surface area (Å²) in [7, 11) is 0. The number of benzene rings is 2. The third-order valence-electron chi connectivity index (χ3n) is 3.30. The second-order valence-corrected chi connectivity index (χ2v) is 4.94. The van der Waals surface area contributed by atoms with Gasteiger partial charge in [-0.15, -0.1) is 0 Å². The summed E-state index contributed by atoms with van der Waals surface area (Å²) in [5, 5.41) is 5.98. The highest BCUT2D eigenvalue weighted by molar-refractivity contribution is 5.98. The summed E-state index contributed by atoms with van der Waals surface area (Å²) >= 11 is 0. The number of nitrogens with one attached hydrogen (secondary N) is 2. The Hall–Kier alpha value is -2.56. The van der Waals surface area contributed by atoms with Crippen molar-refractivity contribution in [1.29, 1.82) is 0 Å². The summed E-state index contributed by atoms with van der Waals surface area (Å²) in [6, 6.07) is 11.9. The Bertz CT molecular complexity index is 688. The third kappa shape index (κ3) is 2.97. The van der Waals surface area contributed by atoms with Crippen molar-refractivity contribution in [3.05, 3.63) is 53.8 Å². The van der Waals surface area contributed by atoms with Crippen LogP contribution in [0.1, 0.15) is 12.5 Å². The van der Waals surface area contributed by atoms with Gasteiger partial charge in [0.25, 0.3) is 5.91 Å². The minimum Gasteiger partial charge on any atom is -0.479 e. The highest BCUT2D eigenvalue weighted by atomic mass is 19.1. The van der Waals surface area contributed by atoms with Crippen LogP contribution in [0.3, 0.4) is 0 Å². The molecule has 4 nitrogen and oxygen atoms in total. The maximum atomic E-state index is 13.1. The minimum atomic E-state index is -0.483. The quantitative estimate of drug-likeness (QED) is 0.911. The van der Waals surface area contributed by atoms with Crippen molar-refractivity contribution in [2.75, 3.05) is 10.6 Å². The fraction of sp³-hybridized carbons (Fsp3) is 0.188. The van der Waals surface area contributed by atoms with Gasteiger partial charge in [0.15, 0.2) is 6.10 Å². The number of carbonyl (C=O) groups excluding carboxylic acids is 1. The van der Waals surface area contributed by atoms with Gasteiger partial charge in [0.1, 0.15) is 11.6 Å². The lowest BCUT2D eigenvalue weighted by molar-refractivity contribution is -0.122. The number of carbonyl (C=O) groups is 1. The van der Waals surface area contributed by atoms with Gasteiger partial charge in [-0.1, -0.05) is 12.1 Å². The summed E-state index contributed by atoms with van der Waals surface area (Å²) in [5.41, 5.74) is 2.32. The molecule has 3 rings (SSSR count). The molecule has 0 radical (unpaired) electrons. The first kappa shape index (κ1) is 13.4. The zero-order chi connectivity index (χ0) is 14.8. The van der Waals surface area contributed by atoms with E-state index in [1.54, 1.807) is 25.1 Å². The van der Waals surface area contributed by atoms with Crippen molar-refractivity contribution in [2.45, 2.75) is 19.6 Å². The molecule has 0 saturated heterocycles. The molecule has 1 heterocycles. The van der Waals surface area contributed by atoms with Crippen LogP contribution in [0.2, 0.25) is 0 Å². The van der Waals surface area contributed by atoms with Gasteiger partial charge in [0, 0.05) is 12.2 Å². The van der Waals surface area contributed by atoms with Crippen LogP contribution in [-0.2, 0) is 11.3 Å². The lowest BCUT2D eigenvalue weighted by Gasteiger charge is -2.23. The van der Waals surface area contributed by atoms with Gasteiger partial charge in [0.2, 0.25) is 0 Å². The Morgan fingerprint density at radius 1 is 1.29 bits per heavy atom. The van der Waals surface area contributed by atoms with Crippen LogP contribution < -0.4 is 15.4 Å². The topological polar surface area (TPSA) is 50.4 Å². The van der Waals surface area contributed by atoms with E-state index < -0.39 is 6.10 Å². The highest BCUT2D eigenvalue weighted by Gasteiger charge is 2.23. The maximum Gasteiger partial charge on any atom is 0.265 e. The molecule has 1 aliphatic rings. The standard InChI is InChI=1S/C16H15FN2O2/c1-10-16(20)19-14-8-13(5-6-15(14)21-10)18-9-11-3-2-4-12(17)7-11/h2-8,10,18H,9H2,1H3,(H,19,20). The van der Waals surface area contributed by atoms with Gasteiger partial charge in [-0.25, -0.2) is 4.39 Å². The Morgan fingerprint density at radius 2 is 2.14 bits per heavy atom. The van der Waals surface area contributed by atoms with Gasteiger partial charge in [0.05, 0.1) is 5.69 Å². The molecule has 0 fully saturated rings. The van der Waals surface area contributed by atoms with Gasteiger partial charge in [-0.3, -0.25) is 4.79 Å². The van der Waals surface area contributed by atoms with Crippen LogP contribution in [0.15, 0.2) is 42.5 Å². The second kappa shape index (κ2) is 5.44. The van der Waals surface area contributed by atoms with Gasteiger partial charge < -0.3 is 15.4 Å². The number of amides is 1. The Labute approximate surface area is 121 Å². The van der Waals surface area contributed by atoms with E-state index in [1.807, 2.05) is 12.1 Å². The number of rotatable bonds is 3.